The Morgan fingerprint density at radius 2 is 1.70 bits per heavy atom. The van der Waals surface area contributed by atoms with Crippen LogP contribution in [0.2, 0.25) is 0 Å². The van der Waals surface area contributed by atoms with Gasteiger partial charge in [-0.2, -0.15) is 0 Å². The van der Waals surface area contributed by atoms with E-state index in [4.69, 9.17) is 0 Å². The van der Waals surface area contributed by atoms with Gasteiger partial charge in [0.15, 0.2) is 9.84 Å². The number of hydrogen-bond acceptors (Lipinski definition) is 4. The number of benzene rings is 2. The molecule has 0 spiro atoms. The molecule has 0 unspecified atom stereocenters. The number of carbonyl (C=O) groups excluding carboxylic acids is 1. The van der Waals surface area contributed by atoms with Crippen molar-refractivity contribution in [2.45, 2.75) is 23.0 Å². The Bertz CT molecular complexity index is 918. The first-order valence-corrected chi connectivity index (χ1v) is 10.4. The van der Waals surface area contributed by atoms with Crippen molar-refractivity contribution in [1.82, 2.24) is 4.90 Å². The smallest absolute Gasteiger partial charge is 0.253 e. The molecular weight excluding hydrogens is 367 g/mol. The molecule has 0 saturated carbocycles. The van der Waals surface area contributed by atoms with Crippen LogP contribution in [0.1, 0.15) is 23.2 Å². The van der Waals surface area contributed by atoms with Crippen molar-refractivity contribution in [1.29, 1.82) is 0 Å². The molecular formula is C20H23FN2O3S. The predicted octanol–water partition coefficient (Wildman–Crippen LogP) is 2.97. The maximum Gasteiger partial charge on any atom is 0.253 e. The summed E-state index contributed by atoms with van der Waals surface area (Å²) in [7, 11) is 0.302. The summed E-state index contributed by atoms with van der Waals surface area (Å²) in [6.07, 6.45) is 0.748. The second kappa shape index (κ2) is 7.68. The lowest BCUT2D eigenvalue weighted by atomic mass is 10.1. The van der Waals surface area contributed by atoms with E-state index < -0.39 is 20.9 Å². The molecule has 0 radical (unpaired) electrons. The molecule has 1 saturated heterocycles. The van der Waals surface area contributed by atoms with Crippen molar-refractivity contribution in [3.8, 4) is 0 Å². The molecule has 1 aliphatic rings. The normalized spacial score (nSPS) is 15.6. The largest absolute Gasteiger partial charge is 0.378 e. The van der Waals surface area contributed by atoms with Crippen molar-refractivity contribution in [2.24, 2.45) is 0 Å². The highest BCUT2D eigenvalue weighted by Crippen LogP contribution is 2.26. The average molecular weight is 390 g/mol. The number of piperidine rings is 1. The fraction of sp³-hybridized carbons (Fsp3) is 0.350. The SMILES string of the molecule is CN(C)c1cccc(C(=O)N2CCC(S(=O)(=O)c3ccc(F)cc3)CC2)c1. The van der Waals surface area contributed by atoms with E-state index in [0.717, 1.165) is 17.8 Å². The summed E-state index contributed by atoms with van der Waals surface area (Å²) in [5, 5.41) is -0.555. The Hall–Kier alpha value is -2.41. The molecule has 0 N–H and O–H groups in total. The number of amides is 1. The number of hydrogen-bond donors (Lipinski definition) is 0. The minimum atomic E-state index is -3.52. The van der Waals surface area contributed by atoms with E-state index >= 15 is 0 Å². The molecule has 1 heterocycles. The first-order chi connectivity index (χ1) is 12.8. The van der Waals surface area contributed by atoms with E-state index in [1.54, 1.807) is 11.0 Å². The standard InChI is InChI=1S/C20H23FN2O3S/c1-22(2)17-5-3-4-15(14-17)20(24)23-12-10-19(11-13-23)27(25,26)18-8-6-16(21)7-9-18/h3-9,14,19H,10-13H2,1-2H3. The topological polar surface area (TPSA) is 57.7 Å². The Morgan fingerprint density at radius 3 is 2.30 bits per heavy atom. The summed E-state index contributed by atoms with van der Waals surface area (Å²) in [6.45, 7) is 0.770. The summed E-state index contributed by atoms with van der Waals surface area (Å²) in [5.74, 6) is -0.550. The molecule has 2 aromatic carbocycles. The van der Waals surface area contributed by atoms with Crippen LogP contribution in [0.4, 0.5) is 10.1 Å². The van der Waals surface area contributed by atoms with Crippen LogP contribution < -0.4 is 4.90 Å². The highest BCUT2D eigenvalue weighted by Gasteiger charge is 2.33. The van der Waals surface area contributed by atoms with Crippen LogP contribution in [0.5, 0.6) is 0 Å². The molecule has 27 heavy (non-hydrogen) atoms. The zero-order valence-corrected chi connectivity index (χ0v) is 16.2. The zero-order valence-electron chi connectivity index (χ0n) is 15.4. The van der Waals surface area contributed by atoms with Crippen LogP contribution in [-0.4, -0.2) is 51.7 Å². The number of likely N-dealkylation sites (tertiary alicyclic amines) is 1. The lowest BCUT2D eigenvalue weighted by Gasteiger charge is -2.32. The van der Waals surface area contributed by atoms with Gasteiger partial charge >= 0.3 is 0 Å². The van der Waals surface area contributed by atoms with Crippen LogP contribution in [0, 0.1) is 5.82 Å². The third kappa shape index (κ3) is 4.13. The molecule has 0 aromatic heterocycles. The minimum Gasteiger partial charge on any atom is -0.378 e. The van der Waals surface area contributed by atoms with E-state index in [-0.39, 0.29) is 10.8 Å². The quantitative estimate of drug-likeness (QED) is 0.753. The monoisotopic (exact) mass is 390 g/mol. The molecule has 0 atom stereocenters. The van der Waals surface area contributed by atoms with Crippen LogP contribution in [0.25, 0.3) is 0 Å². The van der Waals surface area contributed by atoms with Crippen molar-refractivity contribution < 1.29 is 17.6 Å². The molecule has 144 valence electrons. The molecule has 1 fully saturated rings. The second-order valence-electron chi connectivity index (χ2n) is 6.94. The van der Waals surface area contributed by atoms with Gasteiger partial charge in [0.2, 0.25) is 0 Å². The summed E-state index contributed by atoms with van der Waals surface area (Å²) < 4.78 is 38.5. The summed E-state index contributed by atoms with van der Waals surface area (Å²) in [5.41, 5.74) is 1.54. The van der Waals surface area contributed by atoms with Gasteiger partial charge in [-0.05, 0) is 55.3 Å². The van der Waals surface area contributed by atoms with Gasteiger partial charge in [-0.1, -0.05) is 6.07 Å². The molecule has 0 bridgehead atoms. The summed E-state index contributed by atoms with van der Waals surface area (Å²) in [4.78, 5) is 16.5. The number of rotatable bonds is 4. The van der Waals surface area contributed by atoms with Gasteiger partial charge in [-0.3, -0.25) is 4.79 Å². The Morgan fingerprint density at radius 1 is 1.07 bits per heavy atom. The molecule has 1 aliphatic heterocycles. The summed E-state index contributed by atoms with van der Waals surface area (Å²) >= 11 is 0. The van der Waals surface area contributed by atoms with E-state index in [1.165, 1.54) is 12.1 Å². The first kappa shape index (κ1) is 19.4. The molecule has 5 nitrogen and oxygen atoms in total. The van der Waals surface area contributed by atoms with Gasteiger partial charge in [0.05, 0.1) is 10.1 Å². The summed E-state index contributed by atoms with van der Waals surface area (Å²) in [6, 6.07) is 12.3. The Kier molecular flexibility index (Phi) is 5.51. The van der Waals surface area contributed by atoms with E-state index in [9.17, 15) is 17.6 Å². The molecule has 7 heteroatoms. The van der Waals surface area contributed by atoms with E-state index in [0.29, 0.717) is 31.5 Å². The minimum absolute atomic E-state index is 0.0867. The molecule has 0 aliphatic carbocycles. The van der Waals surface area contributed by atoms with Gasteiger partial charge in [-0.25, -0.2) is 12.8 Å². The van der Waals surface area contributed by atoms with E-state index in [2.05, 4.69) is 0 Å². The third-order valence-corrected chi connectivity index (χ3v) is 7.20. The van der Waals surface area contributed by atoms with Gasteiger partial charge in [0.1, 0.15) is 5.82 Å². The van der Waals surface area contributed by atoms with Crippen LogP contribution in [-0.2, 0) is 9.84 Å². The van der Waals surface area contributed by atoms with Gasteiger partial charge in [-0.15, -0.1) is 0 Å². The fourth-order valence-electron chi connectivity index (χ4n) is 3.29. The van der Waals surface area contributed by atoms with Crippen molar-refractivity contribution >= 4 is 21.4 Å². The average Bonchev–Trinajstić information content (AvgIpc) is 2.68. The predicted molar refractivity (Wildman–Crippen MR) is 103 cm³/mol. The third-order valence-electron chi connectivity index (χ3n) is 4.92. The maximum atomic E-state index is 13.1. The second-order valence-corrected chi connectivity index (χ2v) is 9.16. The van der Waals surface area contributed by atoms with E-state index in [1.807, 2.05) is 37.2 Å². The highest BCUT2D eigenvalue weighted by atomic mass is 32.2. The van der Waals surface area contributed by atoms with Crippen LogP contribution in [0.15, 0.2) is 53.4 Å². The van der Waals surface area contributed by atoms with Gasteiger partial charge in [0, 0.05) is 38.4 Å². The number of carbonyl (C=O) groups is 1. The molecule has 3 rings (SSSR count). The molecule has 1 amide bonds. The number of anilines is 1. The number of sulfone groups is 1. The number of nitrogens with zero attached hydrogens (tertiary/aromatic N) is 2. The van der Waals surface area contributed by atoms with Gasteiger partial charge < -0.3 is 9.80 Å². The first-order valence-electron chi connectivity index (χ1n) is 8.85. The van der Waals surface area contributed by atoms with Crippen molar-refractivity contribution in [3.05, 3.63) is 59.9 Å². The highest BCUT2D eigenvalue weighted by molar-refractivity contribution is 7.92. The van der Waals surface area contributed by atoms with Crippen molar-refractivity contribution in [2.75, 3.05) is 32.1 Å². The Labute approximate surface area is 159 Å². The van der Waals surface area contributed by atoms with Gasteiger partial charge in [0.25, 0.3) is 5.91 Å². The Balaban J connectivity index is 1.69. The van der Waals surface area contributed by atoms with Crippen molar-refractivity contribution in [3.63, 3.8) is 0 Å². The lowest BCUT2D eigenvalue weighted by molar-refractivity contribution is 0.0725. The maximum absolute atomic E-state index is 13.1. The van der Waals surface area contributed by atoms with Crippen LogP contribution in [0.3, 0.4) is 0 Å². The lowest BCUT2D eigenvalue weighted by Crippen LogP contribution is -2.42. The zero-order chi connectivity index (χ0) is 19.6. The van der Waals surface area contributed by atoms with Crippen LogP contribution >= 0.6 is 0 Å². The molecule has 2 aromatic rings. The fourth-order valence-corrected chi connectivity index (χ4v) is 5.02. The number of halogens is 1.